The maximum Gasteiger partial charge on any atom is 0.322 e. The molecule has 0 radical (unpaired) electrons. The average molecular weight is 490 g/mol. The number of carboxylic acids is 1. The van der Waals surface area contributed by atoms with Crippen LogP contribution in [0.1, 0.15) is 5.56 Å². The number of rotatable bonds is 5. The van der Waals surface area contributed by atoms with Gasteiger partial charge in [0.1, 0.15) is 12.3 Å². The molecule has 0 saturated heterocycles. The summed E-state index contributed by atoms with van der Waals surface area (Å²) in [5, 5.41) is 20.3. The Morgan fingerprint density at radius 2 is 1.84 bits per heavy atom. The summed E-state index contributed by atoms with van der Waals surface area (Å²) < 4.78 is 1.36. The minimum Gasteiger partial charge on any atom is -0.506 e. The second-order valence-corrected chi connectivity index (χ2v) is 6.15. The molecule has 19 heavy (non-hydrogen) atoms. The number of nitrogens with two attached hydrogens (primary N) is 1. The van der Waals surface area contributed by atoms with Gasteiger partial charge in [-0.05, 0) is 69.3 Å². The summed E-state index contributed by atoms with van der Waals surface area (Å²) >= 11 is 3.98. The first kappa shape index (κ1) is 16.4. The second-order valence-electron chi connectivity index (χ2n) is 3.83. The zero-order valence-electron chi connectivity index (χ0n) is 9.69. The number of hydrogen-bond acceptors (Lipinski definition) is 4. The van der Waals surface area contributed by atoms with Crippen molar-refractivity contribution in [1.82, 2.24) is 5.32 Å². The SMILES string of the molecule is N[C@@H](Cc1cc(I)c(O)c(I)c1)C(=O)NCC(=O)O. The molecule has 5 N–H and O–H groups in total. The number of hydrogen-bond donors (Lipinski definition) is 4. The largest absolute Gasteiger partial charge is 0.506 e. The Balaban J connectivity index is 2.69. The van der Waals surface area contributed by atoms with Gasteiger partial charge in [-0.2, -0.15) is 0 Å². The summed E-state index contributed by atoms with van der Waals surface area (Å²) in [6.07, 6.45) is 0.276. The van der Waals surface area contributed by atoms with Gasteiger partial charge in [0.05, 0.1) is 13.2 Å². The van der Waals surface area contributed by atoms with Crippen LogP contribution in [0.4, 0.5) is 0 Å². The Bertz CT molecular complexity index is 484. The maximum absolute atomic E-state index is 11.5. The van der Waals surface area contributed by atoms with Gasteiger partial charge in [0.25, 0.3) is 0 Å². The highest BCUT2D eigenvalue weighted by Gasteiger charge is 2.16. The lowest BCUT2D eigenvalue weighted by molar-refractivity contribution is -0.138. The van der Waals surface area contributed by atoms with Gasteiger partial charge in [-0.25, -0.2) is 0 Å². The molecule has 0 bridgehead atoms. The molecule has 0 saturated carbocycles. The van der Waals surface area contributed by atoms with E-state index in [2.05, 4.69) is 5.32 Å². The Hall–Kier alpha value is -0.620. The summed E-state index contributed by atoms with van der Waals surface area (Å²) in [4.78, 5) is 21.9. The highest BCUT2D eigenvalue weighted by molar-refractivity contribution is 14.1. The number of carbonyl (C=O) groups is 2. The zero-order chi connectivity index (χ0) is 14.6. The van der Waals surface area contributed by atoms with Crippen molar-refractivity contribution < 1.29 is 19.8 Å². The smallest absolute Gasteiger partial charge is 0.322 e. The quantitative estimate of drug-likeness (QED) is 0.454. The van der Waals surface area contributed by atoms with E-state index in [0.717, 1.165) is 5.56 Å². The molecule has 0 fully saturated rings. The molecule has 0 unspecified atom stereocenters. The number of carboxylic acid groups (broad SMARTS) is 1. The lowest BCUT2D eigenvalue weighted by atomic mass is 10.1. The van der Waals surface area contributed by atoms with E-state index in [4.69, 9.17) is 10.8 Å². The van der Waals surface area contributed by atoms with Crippen LogP contribution >= 0.6 is 45.2 Å². The van der Waals surface area contributed by atoms with Crippen LogP contribution in [0.2, 0.25) is 0 Å². The number of halogens is 2. The number of nitrogens with one attached hydrogen (secondary N) is 1. The van der Waals surface area contributed by atoms with E-state index < -0.39 is 24.5 Å². The van der Waals surface area contributed by atoms with Gasteiger partial charge >= 0.3 is 5.97 Å². The van der Waals surface area contributed by atoms with Crippen LogP contribution in [-0.2, 0) is 16.0 Å². The lowest BCUT2D eigenvalue weighted by Crippen LogP contribution is -2.43. The predicted octanol–water partition coefficient (Wildman–Crippen LogP) is 0.672. The van der Waals surface area contributed by atoms with E-state index >= 15 is 0 Å². The van der Waals surface area contributed by atoms with Crippen LogP contribution in [0.5, 0.6) is 5.75 Å². The normalized spacial score (nSPS) is 11.9. The molecule has 0 aliphatic rings. The highest BCUT2D eigenvalue weighted by Crippen LogP contribution is 2.27. The van der Waals surface area contributed by atoms with E-state index in [-0.39, 0.29) is 12.2 Å². The molecule has 1 aromatic carbocycles. The summed E-state index contributed by atoms with van der Waals surface area (Å²) in [5.74, 6) is -1.43. The first-order chi connectivity index (χ1) is 8.81. The second kappa shape index (κ2) is 7.24. The molecule has 6 nitrogen and oxygen atoms in total. The first-order valence-corrected chi connectivity index (χ1v) is 7.39. The minimum absolute atomic E-state index is 0.203. The fourth-order valence-electron chi connectivity index (χ4n) is 1.38. The highest BCUT2D eigenvalue weighted by atomic mass is 127. The van der Waals surface area contributed by atoms with E-state index in [1.165, 1.54) is 0 Å². The molecular weight excluding hydrogens is 478 g/mol. The predicted molar refractivity (Wildman–Crippen MR) is 85.9 cm³/mol. The number of phenolic OH excluding ortho intramolecular Hbond substituents is 1. The van der Waals surface area contributed by atoms with Gasteiger partial charge in [-0.3, -0.25) is 9.59 Å². The van der Waals surface area contributed by atoms with Crippen molar-refractivity contribution in [3.63, 3.8) is 0 Å². The van der Waals surface area contributed by atoms with Crippen LogP contribution in [0.15, 0.2) is 12.1 Å². The van der Waals surface area contributed by atoms with Gasteiger partial charge in [-0.15, -0.1) is 0 Å². The van der Waals surface area contributed by atoms with Crippen LogP contribution in [0.3, 0.4) is 0 Å². The number of benzene rings is 1. The summed E-state index contributed by atoms with van der Waals surface area (Å²) in [6.45, 7) is -0.447. The molecule has 1 rings (SSSR count). The summed E-state index contributed by atoms with van der Waals surface area (Å²) in [5.41, 5.74) is 6.51. The van der Waals surface area contributed by atoms with Crippen LogP contribution in [-0.4, -0.2) is 34.7 Å². The zero-order valence-corrected chi connectivity index (χ0v) is 14.0. The first-order valence-electron chi connectivity index (χ1n) is 5.23. The molecule has 0 aliphatic heterocycles. The van der Waals surface area contributed by atoms with Gasteiger partial charge < -0.3 is 21.3 Å². The summed E-state index contributed by atoms with van der Waals surface area (Å²) in [6, 6.07) is 2.65. The van der Waals surface area contributed by atoms with Crippen molar-refractivity contribution in [1.29, 1.82) is 0 Å². The van der Waals surface area contributed by atoms with Crippen LogP contribution in [0.25, 0.3) is 0 Å². The molecule has 0 spiro atoms. The summed E-state index contributed by atoms with van der Waals surface area (Å²) in [7, 11) is 0. The lowest BCUT2D eigenvalue weighted by Gasteiger charge is -2.12. The van der Waals surface area contributed by atoms with Gasteiger partial charge in [0.15, 0.2) is 0 Å². The molecule has 8 heteroatoms. The molecule has 1 aromatic rings. The monoisotopic (exact) mass is 490 g/mol. The third kappa shape index (κ3) is 5.10. The Morgan fingerprint density at radius 3 is 2.32 bits per heavy atom. The molecule has 0 aliphatic carbocycles. The molecule has 104 valence electrons. The van der Waals surface area contributed by atoms with E-state index in [0.29, 0.717) is 7.14 Å². The fourth-order valence-corrected chi connectivity index (χ4v) is 3.27. The number of aromatic hydroxyl groups is 1. The number of aliphatic carboxylic acids is 1. The van der Waals surface area contributed by atoms with Gasteiger partial charge in [-0.1, -0.05) is 0 Å². The Labute approximate surface area is 137 Å². The third-order valence-electron chi connectivity index (χ3n) is 2.28. The molecule has 0 aromatic heterocycles. The van der Waals surface area contributed by atoms with Gasteiger partial charge in [0.2, 0.25) is 5.91 Å². The topological polar surface area (TPSA) is 113 Å². The Kier molecular flexibility index (Phi) is 6.26. The van der Waals surface area contributed by atoms with Crippen molar-refractivity contribution in [2.45, 2.75) is 12.5 Å². The van der Waals surface area contributed by atoms with Crippen molar-refractivity contribution in [2.24, 2.45) is 5.73 Å². The molecule has 1 atom stereocenters. The van der Waals surface area contributed by atoms with Crippen LogP contribution in [0, 0.1) is 7.14 Å². The van der Waals surface area contributed by atoms with E-state index in [1.807, 2.05) is 45.2 Å². The molecule has 0 heterocycles. The number of carbonyl (C=O) groups excluding carboxylic acids is 1. The van der Waals surface area contributed by atoms with Gasteiger partial charge in [0, 0.05) is 0 Å². The van der Waals surface area contributed by atoms with E-state index in [9.17, 15) is 14.7 Å². The fraction of sp³-hybridized carbons (Fsp3) is 0.273. The number of phenols is 1. The molecule has 1 amide bonds. The third-order valence-corrected chi connectivity index (χ3v) is 3.93. The van der Waals surface area contributed by atoms with Crippen molar-refractivity contribution >= 4 is 57.1 Å². The van der Waals surface area contributed by atoms with E-state index in [1.54, 1.807) is 12.1 Å². The maximum atomic E-state index is 11.5. The van der Waals surface area contributed by atoms with Crippen molar-refractivity contribution in [3.8, 4) is 5.75 Å². The van der Waals surface area contributed by atoms with Crippen molar-refractivity contribution in [3.05, 3.63) is 24.8 Å². The average Bonchev–Trinajstić information content (AvgIpc) is 2.32. The van der Waals surface area contributed by atoms with Crippen LogP contribution < -0.4 is 11.1 Å². The Morgan fingerprint density at radius 1 is 1.32 bits per heavy atom. The molecular formula is C11H12I2N2O4. The minimum atomic E-state index is -1.12. The van der Waals surface area contributed by atoms with Crippen molar-refractivity contribution in [2.75, 3.05) is 6.54 Å². The standard InChI is InChI=1S/C11H12I2N2O4/c12-6-1-5(2-7(13)10(6)18)3-8(14)11(19)15-4-9(16)17/h1-2,8,18H,3-4,14H2,(H,15,19)(H,16,17)/t8-/m0/s1. The number of amides is 1.